The maximum absolute atomic E-state index is 11.8. The highest BCUT2D eigenvalue weighted by Crippen LogP contribution is 2.12. The van der Waals surface area contributed by atoms with Crippen LogP contribution in [0.5, 0.6) is 0 Å². The second kappa shape index (κ2) is 10.8. The van der Waals surface area contributed by atoms with E-state index in [0.717, 1.165) is 29.6 Å². The third kappa shape index (κ3) is 6.44. The van der Waals surface area contributed by atoms with Crippen molar-refractivity contribution in [2.24, 2.45) is 0 Å². The monoisotopic (exact) mass is 403 g/mol. The molecule has 0 saturated carbocycles. The van der Waals surface area contributed by atoms with Gasteiger partial charge in [0.1, 0.15) is 0 Å². The largest absolute Gasteiger partial charge is 0.452 e. The number of para-hydroxylation sites is 2. The van der Waals surface area contributed by atoms with E-state index in [1.165, 1.54) is 6.08 Å². The number of rotatable bonds is 9. The predicted molar refractivity (Wildman–Crippen MR) is 119 cm³/mol. The first-order valence-corrected chi connectivity index (χ1v) is 9.85. The van der Waals surface area contributed by atoms with Gasteiger partial charge in [-0.15, -0.1) is 0 Å². The van der Waals surface area contributed by atoms with Crippen molar-refractivity contribution < 1.29 is 14.3 Å². The third-order valence-corrected chi connectivity index (χ3v) is 4.55. The number of ether oxygens (including phenoxy) is 1. The maximum Gasteiger partial charge on any atom is 0.331 e. The molecule has 0 aliphatic carbocycles. The van der Waals surface area contributed by atoms with Crippen molar-refractivity contribution in [3.05, 3.63) is 78.5 Å². The topological polar surface area (TPSA) is 71.5 Å². The number of carbonyl (C=O) groups is 2. The van der Waals surface area contributed by atoms with E-state index in [-0.39, 0.29) is 12.5 Å². The van der Waals surface area contributed by atoms with Crippen molar-refractivity contribution in [2.45, 2.75) is 6.42 Å². The molecule has 154 valence electrons. The Balaban J connectivity index is 1.34. The van der Waals surface area contributed by atoms with Crippen molar-refractivity contribution in [2.75, 3.05) is 31.6 Å². The molecule has 0 saturated heterocycles. The fraction of sp³-hybridized carbons (Fsp3) is 0.208. The van der Waals surface area contributed by atoms with Crippen LogP contribution in [-0.4, -0.2) is 43.6 Å². The number of amides is 1. The Morgan fingerprint density at radius 3 is 2.63 bits per heavy atom. The van der Waals surface area contributed by atoms with Gasteiger partial charge in [0.05, 0.1) is 11.2 Å². The molecular weight excluding hydrogens is 378 g/mol. The molecule has 6 nitrogen and oxygen atoms in total. The zero-order valence-corrected chi connectivity index (χ0v) is 17.0. The minimum Gasteiger partial charge on any atom is -0.452 e. The van der Waals surface area contributed by atoms with Crippen LogP contribution in [0.2, 0.25) is 0 Å². The Hall–Kier alpha value is -3.67. The van der Waals surface area contributed by atoms with E-state index in [1.54, 1.807) is 6.08 Å². The van der Waals surface area contributed by atoms with Gasteiger partial charge in [0, 0.05) is 37.3 Å². The molecular formula is C24H25N3O3. The molecule has 1 heterocycles. The summed E-state index contributed by atoms with van der Waals surface area (Å²) in [6.07, 6.45) is 3.64. The minimum atomic E-state index is -0.580. The van der Waals surface area contributed by atoms with Crippen LogP contribution in [0.1, 0.15) is 12.1 Å². The molecule has 3 aromatic rings. The molecule has 3 rings (SSSR count). The summed E-state index contributed by atoms with van der Waals surface area (Å²) in [7, 11) is 2.01. The molecule has 0 spiro atoms. The van der Waals surface area contributed by atoms with Crippen LogP contribution in [0, 0.1) is 0 Å². The van der Waals surface area contributed by atoms with E-state index in [9.17, 15) is 9.59 Å². The van der Waals surface area contributed by atoms with Gasteiger partial charge >= 0.3 is 5.97 Å². The number of carbonyl (C=O) groups excluding carboxylic acids is 2. The molecule has 6 heteroatoms. The number of esters is 1. The molecule has 0 radical (unpaired) electrons. The number of hydrogen-bond donors (Lipinski definition) is 1. The minimum absolute atomic E-state index is 0.303. The van der Waals surface area contributed by atoms with Gasteiger partial charge in [0.15, 0.2) is 6.61 Å². The number of nitrogens with zero attached hydrogens (tertiary/aromatic N) is 2. The molecule has 1 amide bonds. The van der Waals surface area contributed by atoms with Crippen LogP contribution in [0.25, 0.3) is 17.0 Å². The molecule has 0 bridgehead atoms. The number of anilines is 1. The lowest BCUT2D eigenvalue weighted by Gasteiger charge is -2.19. The van der Waals surface area contributed by atoms with E-state index in [2.05, 4.69) is 15.2 Å². The summed E-state index contributed by atoms with van der Waals surface area (Å²) in [6, 6.07) is 21.6. The Morgan fingerprint density at radius 2 is 1.80 bits per heavy atom. The summed E-state index contributed by atoms with van der Waals surface area (Å²) in [5, 5.41) is 3.79. The lowest BCUT2D eigenvalue weighted by atomic mass is 10.2. The summed E-state index contributed by atoms with van der Waals surface area (Å²) >= 11 is 0. The fourth-order valence-electron chi connectivity index (χ4n) is 2.92. The van der Waals surface area contributed by atoms with Gasteiger partial charge in [0.2, 0.25) is 0 Å². The standard InChI is InChI=1S/C24H25N3O3/c1-27(21-9-3-2-4-10-21)17-7-16-25-23(28)18-30-24(29)15-14-20-13-12-19-8-5-6-11-22(19)26-20/h2-6,8-15H,7,16-18H2,1H3,(H,25,28)/b15-14+. The smallest absolute Gasteiger partial charge is 0.331 e. The van der Waals surface area contributed by atoms with Crippen molar-refractivity contribution in [1.82, 2.24) is 10.3 Å². The molecule has 1 N–H and O–H groups in total. The zero-order valence-electron chi connectivity index (χ0n) is 17.0. The van der Waals surface area contributed by atoms with Crippen molar-refractivity contribution in [3.63, 3.8) is 0 Å². The van der Waals surface area contributed by atoms with Crippen LogP contribution in [0.3, 0.4) is 0 Å². The summed E-state index contributed by atoms with van der Waals surface area (Å²) in [6.45, 7) is 1.03. The van der Waals surface area contributed by atoms with Crippen LogP contribution in [0.15, 0.2) is 72.8 Å². The molecule has 30 heavy (non-hydrogen) atoms. The lowest BCUT2D eigenvalue weighted by Crippen LogP contribution is -2.31. The molecule has 0 aliphatic heterocycles. The van der Waals surface area contributed by atoms with Gasteiger partial charge in [-0.3, -0.25) is 4.79 Å². The van der Waals surface area contributed by atoms with E-state index < -0.39 is 5.97 Å². The third-order valence-electron chi connectivity index (χ3n) is 4.55. The molecule has 0 aliphatic rings. The van der Waals surface area contributed by atoms with Crippen LogP contribution >= 0.6 is 0 Å². The first-order chi connectivity index (χ1) is 14.6. The van der Waals surface area contributed by atoms with Gasteiger partial charge in [-0.25, -0.2) is 9.78 Å². The Bertz CT molecular complexity index is 1020. The second-order valence-corrected chi connectivity index (χ2v) is 6.83. The highest BCUT2D eigenvalue weighted by Gasteiger charge is 2.05. The summed E-state index contributed by atoms with van der Waals surface area (Å²) in [5.41, 5.74) is 2.63. The van der Waals surface area contributed by atoms with E-state index >= 15 is 0 Å². The number of pyridine rings is 1. The van der Waals surface area contributed by atoms with E-state index in [1.807, 2.05) is 73.8 Å². The normalized spacial score (nSPS) is 10.8. The van der Waals surface area contributed by atoms with Gasteiger partial charge in [0.25, 0.3) is 5.91 Å². The van der Waals surface area contributed by atoms with Crippen LogP contribution in [0.4, 0.5) is 5.69 Å². The SMILES string of the molecule is CN(CCCNC(=O)COC(=O)/C=C/c1ccc2ccccc2n1)c1ccccc1. The molecule has 0 unspecified atom stereocenters. The zero-order chi connectivity index (χ0) is 21.2. The van der Waals surface area contributed by atoms with Crippen LogP contribution < -0.4 is 10.2 Å². The maximum atomic E-state index is 11.8. The van der Waals surface area contributed by atoms with Crippen molar-refractivity contribution >= 4 is 34.5 Å². The number of nitrogens with one attached hydrogen (secondary N) is 1. The molecule has 2 aromatic carbocycles. The fourth-order valence-corrected chi connectivity index (χ4v) is 2.92. The first kappa shape index (κ1) is 21.0. The van der Waals surface area contributed by atoms with Gasteiger partial charge < -0.3 is 15.0 Å². The van der Waals surface area contributed by atoms with E-state index in [4.69, 9.17) is 4.74 Å². The van der Waals surface area contributed by atoms with Crippen molar-refractivity contribution in [3.8, 4) is 0 Å². The Kier molecular flexibility index (Phi) is 7.55. The number of benzene rings is 2. The van der Waals surface area contributed by atoms with Gasteiger partial charge in [-0.1, -0.05) is 42.5 Å². The average molecular weight is 403 g/mol. The number of hydrogen-bond acceptors (Lipinski definition) is 5. The highest BCUT2D eigenvalue weighted by molar-refractivity contribution is 5.89. The number of fused-ring (bicyclic) bond motifs is 1. The number of aromatic nitrogens is 1. The molecule has 1 aromatic heterocycles. The Labute approximate surface area is 176 Å². The van der Waals surface area contributed by atoms with Crippen molar-refractivity contribution in [1.29, 1.82) is 0 Å². The van der Waals surface area contributed by atoms with Crippen LogP contribution in [-0.2, 0) is 14.3 Å². The molecule has 0 fully saturated rings. The van der Waals surface area contributed by atoms with E-state index in [0.29, 0.717) is 12.2 Å². The Morgan fingerprint density at radius 1 is 1.03 bits per heavy atom. The molecule has 0 atom stereocenters. The van der Waals surface area contributed by atoms with Gasteiger partial charge in [-0.05, 0) is 36.8 Å². The summed E-state index contributed by atoms with van der Waals surface area (Å²) < 4.78 is 4.98. The predicted octanol–water partition coefficient (Wildman–Crippen LogP) is 3.43. The quantitative estimate of drug-likeness (QED) is 0.337. The second-order valence-electron chi connectivity index (χ2n) is 6.83. The highest BCUT2D eigenvalue weighted by atomic mass is 16.5. The summed E-state index contributed by atoms with van der Waals surface area (Å²) in [4.78, 5) is 30.3. The van der Waals surface area contributed by atoms with Gasteiger partial charge in [-0.2, -0.15) is 0 Å². The average Bonchev–Trinajstić information content (AvgIpc) is 2.79. The summed E-state index contributed by atoms with van der Waals surface area (Å²) in [5.74, 6) is -0.896. The lowest BCUT2D eigenvalue weighted by molar-refractivity contribution is -0.143. The first-order valence-electron chi connectivity index (χ1n) is 9.85.